The van der Waals surface area contributed by atoms with Crippen molar-refractivity contribution in [3.8, 4) is 0 Å². The van der Waals surface area contributed by atoms with Crippen LogP contribution in [0, 0.1) is 0 Å². The molecule has 1 aliphatic heterocycles. The fourth-order valence-electron chi connectivity index (χ4n) is 2.91. The summed E-state index contributed by atoms with van der Waals surface area (Å²) in [6.45, 7) is 3.24. The van der Waals surface area contributed by atoms with Crippen molar-refractivity contribution in [2.45, 2.75) is 11.1 Å². The molecule has 1 heterocycles. The first-order valence-corrected chi connectivity index (χ1v) is 9.88. The average molecular weight is 399 g/mol. The number of nitrogens with one attached hydrogen (secondary N) is 1. The molecule has 2 aromatic carbocycles. The van der Waals surface area contributed by atoms with Crippen molar-refractivity contribution < 1.29 is 21.6 Å². The summed E-state index contributed by atoms with van der Waals surface area (Å²) in [7, 11) is -1.98. The molecule has 3 rings (SSSR count). The molecular weight excluding hydrogens is 379 g/mol. The van der Waals surface area contributed by atoms with Crippen molar-refractivity contribution in [3.63, 3.8) is 0 Å². The highest BCUT2D eigenvalue weighted by molar-refractivity contribution is 7.92. The highest BCUT2D eigenvalue weighted by Crippen LogP contribution is 2.31. The summed E-state index contributed by atoms with van der Waals surface area (Å²) >= 11 is 0. The topological polar surface area (TPSA) is 52.6 Å². The first-order chi connectivity index (χ1) is 12.7. The van der Waals surface area contributed by atoms with Gasteiger partial charge in [0.25, 0.3) is 10.0 Å². The van der Waals surface area contributed by atoms with Gasteiger partial charge in [-0.3, -0.25) is 4.72 Å². The minimum absolute atomic E-state index is 0.219. The van der Waals surface area contributed by atoms with E-state index in [1.807, 2.05) is 19.2 Å². The monoisotopic (exact) mass is 399 g/mol. The number of piperazine rings is 1. The van der Waals surface area contributed by atoms with E-state index < -0.39 is 21.8 Å². The summed E-state index contributed by atoms with van der Waals surface area (Å²) in [4.78, 5) is 4.06. The van der Waals surface area contributed by atoms with E-state index in [0.717, 1.165) is 56.1 Å². The molecule has 1 aliphatic rings. The lowest BCUT2D eigenvalue weighted by molar-refractivity contribution is -0.137. The van der Waals surface area contributed by atoms with Crippen molar-refractivity contribution in [1.82, 2.24) is 4.90 Å². The van der Waals surface area contributed by atoms with Gasteiger partial charge >= 0.3 is 6.18 Å². The Morgan fingerprint density at radius 3 is 2.11 bits per heavy atom. The van der Waals surface area contributed by atoms with Crippen LogP contribution in [0.15, 0.2) is 53.4 Å². The zero-order chi connectivity index (χ0) is 19.7. The van der Waals surface area contributed by atoms with Crippen molar-refractivity contribution in [2.75, 3.05) is 42.8 Å². The van der Waals surface area contributed by atoms with Gasteiger partial charge in [0, 0.05) is 26.2 Å². The summed E-state index contributed by atoms with van der Waals surface area (Å²) < 4.78 is 65.8. The van der Waals surface area contributed by atoms with Crippen LogP contribution in [-0.2, 0) is 16.2 Å². The quantitative estimate of drug-likeness (QED) is 0.858. The predicted molar refractivity (Wildman–Crippen MR) is 98.4 cm³/mol. The second kappa shape index (κ2) is 7.40. The van der Waals surface area contributed by atoms with E-state index in [2.05, 4.69) is 14.5 Å². The van der Waals surface area contributed by atoms with Crippen molar-refractivity contribution in [3.05, 3.63) is 54.1 Å². The Kier molecular flexibility index (Phi) is 5.34. The maximum Gasteiger partial charge on any atom is 0.416 e. The van der Waals surface area contributed by atoms with Crippen molar-refractivity contribution in [1.29, 1.82) is 0 Å². The number of benzene rings is 2. The normalized spacial score (nSPS) is 16.4. The fourth-order valence-corrected chi connectivity index (χ4v) is 3.98. The third kappa shape index (κ3) is 4.54. The SMILES string of the molecule is CN1CCN(c2ccccc2NS(=O)(=O)c2ccc(C(F)(F)F)cc2)CC1. The van der Waals surface area contributed by atoms with Crippen molar-refractivity contribution >= 4 is 21.4 Å². The summed E-state index contributed by atoms with van der Waals surface area (Å²) in [6.07, 6.45) is -4.51. The minimum Gasteiger partial charge on any atom is -0.367 e. The van der Waals surface area contributed by atoms with E-state index in [9.17, 15) is 21.6 Å². The zero-order valence-electron chi connectivity index (χ0n) is 14.7. The van der Waals surface area contributed by atoms with Gasteiger partial charge in [-0.2, -0.15) is 13.2 Å². The molecule has 0 aliphatic carbocycles. The van der Waals surface area contributed by atoms with Gasteiger partial charge in [-0.25, -0.2) is 8.42 Å². The lowest BCUT2D eigenvalue weighted by atomic mass is 10.2. The molecular formula is C18H20F3N3O2S. The molecule has 1 N–H and O–H groups in total. The smallest absolute Gasteiger partial charge is 0.367 e. The second-order valence-electron chi connectivity index (χ2n) is 6.44. The molecule has 0 unspecified atom stereocenters. The molecule has 0 radical (unpaired) electrons. The second-order valence-corrected chi connectivity index (χ2v) is 8.12. The zero-order valence-corrected chi connectivity index (χ0v) is 15.5. The Hall–Kier alpha value is -2.26. The molecule has 0 amide bonds. The molecule has 0 saturated carbocycles. The number of nitrogens with zero attached hydrogens (tertiary/aromatic N) is 2. The third-order valence-corrected chi connectivity index (χ3v) is 5.87. The van der Waals surface area contributed by atoms with Crippen LogP contribution in [0.5, 0.6) is 0 Å². The van der Waals surface area contributed by atoms with Gasteiger partial charge in [0.05, 0.1) is 21.8 Å². The highest BCUT2D eigenvalue weighted by atomic mass is 32.2. The van der Waals surface area contributed by atoms with Gasteiger partial charge < -0.3 is 9.80 Å². The summed E-state index contributed by atoms with van der Waals surface area (Å²) in [5, 5.41) is 0. The van der Waals surface area contributed by atoms with Crippen LogP contribution in [-0.4, -0.2) is 46.5 Å². The molecule has 1 saturated heterocycles. The Balaban J connectivity index is 1.84. The summed E-state index contributed by atoms with van der Waals surface area (Å²) in [5.41, 5.74) is 0.266. The molecule has 27 heavy (non-hydrogen) atoms. The Labute approximate surface area is 156 Å². The first-order valence-electron chi connectivity index (χ1n) is 8.39. The van der Waals surface area contributed by atoms with Gasteiger partial charge in [0.15, 0.2) is 0 Å². The number of hydrogen-bond donors (Lipinski definition) is 1. The van der Waals surface area contributed by atoms with Crippen LogP contribution in [0.25, 0.3) is 0 Å². The highest BCUT2D eigenvalue weighted by Gasteiger charge is 2.30. The number of halogens is 3. The summed E-state index contributed by atoms with van der Waals surface area (Å²) in [6, 6.07) is 10.5. The van der Waals surface area contributed by atoms with Gasteiger partial charge in [-0.05, 0) is 43.4 Å². The number of anilines is 2. The number of para-hydroxylation sites is 2. The van der Waals surface area contributed by atoms with Crippen LogP contribution in [0.3, 0.4) is 0 Å². The number of likely N-dealkylation sites (N-methyl/N-ethyl adjacent to an activating group) is 1. The number of hydrogen-bond acceptors (Lipinski definition) is 4. The molecule has 5 nitrogen and oxygen atoms in total. The van der Waals surface area contributed by atoms with Gasteiger partial charge in [0.1, 0.15) is 0 Å². The molecule has 0 aromatic heterocycles. The van der Waals surface area contributed by atoms with Crippen LogP contribution >= 0.6 is 0 Å². The van der Waals surface area contributed by atoms with E-state index in [4.69, 9.17) is 0 Å². The molecule has 0 atom stereocenters. The molecule has 146 valence electrons. The lowest BCUT2D eigenvalue weighted by Gasteiger charge is -2.35. The largest absolute Gasteiger partial charge is 0.416 e. The lowest BCUT2D eigenvalue weighted by Crippen LogP contribution is -2.44. The molecule has 9 heteroatoms. The average Bonchev–Trinajstić information content (AvgIpc) is 2.62. The van der Waals surface area contributed by atoms with E-state index in [-0.39, 0.29) is 4.90 Å². The fraction of sp³-hybridized carbons (Fsp3) is 0.333. The standard InChI is InChI=1S/C18H20F3N3O2S/c1-23-10-12-24(13-11-23)17-5-3-2-4-16(17)22-27(25,26)15-8-6-14(7-9-15)18(19,20)21/h2-9,22H,10-13H2,1H3. The molecule has 2 aromatic rings. The molecule has 0 spiro atoms. The minimum atomic E-state index is -4.51. The van der Waals surface area contributed by atoms with Gasteiger partial charge in [-0.1, -0.05) is 12.1 Å². The Morgan fingerprint density at radius 2 is 1.52 bits per heavy atom. The van der Waals surface area contributed by atoms with Crippen LogP contribution in [0.1, 0.15) is 5.56 Å². The van der Waals surface area contributed by atoms with E-state index >= 15 is 0 Å². The van der Waals surface area contributed by atoms with Crippen LogP contribution in [0.2, 0.25) is 0 Å². The Bertz CT molecular complexity index is 891. The molecule has 0 bridgehead atoms. The first kappa shape index (κ1) is 19.5. The third-order valence-electron chi connectivity index (χ3n) is 4.48. The van der Waals surface area contributed by atoms with E-state index in [0.29, 0.717) is 5.69 Å². The number of rotatable bonds is 4. The van der Waals surface area contributed by atoms with Gasteiger partial charge in [0.2, 0.25) is 0 Å². The van der Waals surface area contributed by atoms with E-state index in [1.54, 1.807) is 12.1 Å². The Morgan fingerprint density at radius 1 is 0.926 bits per heavy atom. The maximum atomic E-state index is 12.7. The predicted octanol–water partition coefficient (Wildman–Crippen LogP) is 3.26. The van der Waals surface area contributed by atoms with Crippen LogP contribution < -0.4 is 9.62 Å². The van der Waals surface area contributed by atoms with Crippen LogP contribution in [0.4, 0.5) is 24.5 Å². The molecule has 1 fully saturated rings. The number of alkyl halides is 3. The number of sulfonamides is 1. The van der Waals surface area contributed by atoms with Crippen molar-refractivity contribution in [2.24, 2.45) is 0 Å². The summed E-state index contributed by atoms with van der Waals surface area (Å²) in [5.74, 6) is 0. The maximum absolute atomic E-state index is 12.7. The van der Waals surface area contributed by atoms with Gasteiger partial charge in [-0.15, -0.1) is 0 Å². The van der Waals surface area contributed by atoms with E-state index in [1.165, 1.54) is 0 Å².